The maximum absolute atomic E-state index is 13.5. The van der Waals surface area contributed by atoms with E-state index in [0.29, 0.717) is 29.2 Å². The third kappa shape index (κ3) is 4.80. The van der Waals surface area contributed by atoms with Gasteiger partial charge in [0.2, 0.25) is 0 Å². The summed E-state index contributed by atoms with van der Waals surface area (Å²) in [4.78, 5) is 16.3. The van der Waals surface area contributed by atoms with E-state index in [1.807, 2.05) is 12.1 Å². The zero-order chi connectivity index (χ0) is 18.4. The van der Waals surface area contributed by atoms with E-state index in [1.54, 1.807) is 48.7 Å². The molecule has 26 heavy (non-hydrogen) atoms. The standard InChI is InChI=1S/C20H17ClFN3O/c21-15-5-3-6-16(12-15)25-17-8-9-19(24-13-17)20(26)23-11-10-14-4-1-2-7-18(14)22/h1-9,12-13,25H,10-11H2,(H,23,26). The van der Waals surface area contributed by atoms with Gasteiger partial charge in [0, 0.05) is 17.3 Å². The van der Waals surface area contributed by atoms with Gasteiger partial charge in [0.15, 0.2) is 0 Å². The summed E-state index contributed by atoms with van der Waals surface area (Å²) in [6, 6.07) is 17.2. The van der Waals surface area contributed by atoms with Crippen LogP contribution in [0.5, 0.6) is 0 Å². The maximum atomic E-state index is 13.5. The summed E-state index contributed by atoms with van der Waals surface area (Å²) in [6.07, 6.45) is 2.00. The third-order valence-electron chi connectivity index (χ3n) is 3.75. The number of nitrogens with one attached hydrogen (secondary N) is 2. The molecule has 0 saturated heterocycles. The first-order valence-electron chi connectivity index (χ1n) is 8.12. The fourth-order valence-corrected chi connectivity index (χ4v) is 2.63. The van der Waals surface area contributed by atoms with Crippen molar-refractivity contribution in [2.24, 2.45) is 0 Å². The van der Waals surface area contributed by atoms with Gasteiger partial charge in [-0.1, -0.05) is 35.9 Å². The van der Waals surface area contributed by atoms with Crippen molar-refractivity contribution in [3.05, 3.63) is 89.0 Å². The predicted molar refractivity (Wildman–Crippen MR) is 101 cm³/mol. The zero-order valence-electron chi connectivity index (χ0n) is 13.9. The number of halogens is 2. The molecule has 0 radical (unpaired) electrons. The first-order valence-corrected chi connectivity index (χ1v) is 8.50. The summed E-state index contributed by atoms with van der Waals surface area (Å²) in [5.41, 5.74) is 2.45. The lowest BCUT2D eigenvalue weighted by molar-refractivity contribution is 0.0949. The van der Waals surface area contributed by atoms with Gasteiger partial charge in [-0.2, -0.15) is 0 Å². The van der Waals surface area contributed by atoms with Gasteiger partial charge in [-0.05, 0) is 48.4 Å². The number of nitrogens with zero attached hydrogens (tertiary/aromatic N) is 1. The van der Waals surface area contributed by atoms with Gasteiger partial charge in [-0.3, -0.25) is 4.79 Å². The first-order chi connectivity index (χ1) is 12.6. The van der Waals surface area contributed by atoms with E-state index in [1.165, 1.54) is 6.07 Å². The third-order valence-corrected chi connectivity index (χ3v) is 3.98. The van der Waals surface area contributed by atoms with Crippen LogP contribution in [0.1, 0.15) is 16.1 Å². The van der Waals surface area contributed by atoms with Crippen LogP contribution in [0.15, 0.2) is 66.9 Å². The molecule has 0 unspecified atom stereocenters. The van der Waals surface area contributed by atoms with Crippen molar-refractivity contribution < 1.29 is 9.18 Å². The minimum atomic E-state index is -0.296. The molecular formula is C20H17ClFN3O. The van der Waals surface area contributed by atoms with Crippen molar-refractivity contribution in [3.8, 4) is 0 Å². The molecule has 3 rings (SSSR count). The van der Waals surface area contributed by atoms with Gasteiger partial charge in [-0.25, -0.2) is 9.37 Å². The molecule has 1 amide bonds. The van der Waals surface area contributed by atoms with Gasteiger partial charge in [-0.15, -0.1) is 0 Å². The Labute approximate surface area is 156 Å². The van der Waals surface area contributed by atoms with Crippen molar-refractivity contribution in [1.29, 1.82) is 0 Å². The van der Waals surface area contributed by atoms with Crippen molar-refractivity contribution >= 4 is 28.9 Å². The lowest BCUT2D eigenvalue weighted by Gasteiger charge is -2.08. The predicted octanol–water partition coefficient (Wildman–Crippen LogP) is 4.59. The fraction of sp³-hybridized carbons (Fsp3) is 0.100. The molecule has 0 bridgehead atoms. The number of anilines is 2. The zero-order valence-corrected chi connectivity index (χ0v) is 14.6. The van der Waals surface area contributed by atoms with E-state index in [4.69, 9.17) is 11.6 Å². The smallest absolute Gasteiger partial charge is 0.269 e. The Morgan fingerprint density at radius 3 is 2.62 bits per heavy atom. The van der Waals surface area contributed by atoms with Gasteiger partial charge in [0.05, 0.1) is 11.9 Å². The van der Waals surface area contributed by atoms with Crippen LogP contribution in [0.25, 0.3) is 0 Å². The lowest BCUT2D eigenvalue weighted by Crippen LogP contribution is -2.26. The average Bonchev–Trinajstić information content (AvgIpc) is 2.64. The highest BCUT2D eigenvalue weighted by Crippen LogP contribution is 2.19. The molecule has 1 aromatic heterocycles. The van der Waals surface area contributed by atoms with E-state index >= 15 is 0 Å². The molecule has 3 aromatic rings. The fourth-order valence-electron chi connectivity index (χ4n) is 2.44. The van der Waals surface area contributed by atoms with E-state index in [-0.39, 0.29) is 11.7 Å². The molecule has 0 fully saturated rings. The van der Waals surface area contributed by atoms with Gasteiger partial charge in [0.1, 0.15) is 11.5 Å². The average molecular weight is 370 g/mol. The number of hydrogen-bond donors (Lipinski definition) is 2. The van der Waals surface area contributed by atoms with Gasteiger partial charge < -0.3 is 10.6 Å². The number of amides is 1. The largest absolute Gasteiger partial charge is 0.354 e. The Kier molecular flexibility index (Phi) is 5.81. The number of carbonyl (C=O) groups excluding carboxylic acids is 1. The second kappa shape index (κ2) is 8.45. The second-order valence-electron chi connectivity index (χ2n) is 5.66. The molecular weight excluding hydrogens is 353 g/mol. The van der Waals surface area contributed by atoms with E-state index in [9.17, 15) is 9.18 Å². The van der Waals surface area contributed by atoms with Crippen LogP contribution < -0.4 is 10.6 Å². The Balaban J connectivity index is 1.54. The number of rotatable bonds is 6. The van der Waals surface area contributed by atoms with Crippen molar-refractivity contribution in [3.63, 3.8) is 0 Å². The summed E-state index contributed by atoms with van der Waals surface area (Å²) >= 11 is 5.95. The molecule has 0 aliphatic carbocycles. The van der Waals surface area contributed by atoms with Crippen LogP contribution in [0.2, 0.25) is 5.02 Å². The lowest BCUT2D eigenvalue weighted by atomic mass is 10.1. The molecule has 4 nitrogen and oxygen atoms in total. The van der Waals surface area contributed by atoms with Crippen LogP contribution in [-0.2, 0) is 6.42 Å². The number of benzene rings is 2. The Morgan fingerprint density at radius 1 is 1.04 bits per heavy atom. The summed E-state index contributed by atoms with van der Waals surface area (Å²) in [7, 11) is 0. The number of aromatic nitrogens is 1. The van der Waals surface area contributed by atoms with E-state index < -0.39 is 0 Å². The van der Waals surface area contributed by atoms with Crippen molar-refractivity contribution in [1.82, 2.24) is 10.3 Å². The highest BCUT2D eigenvalue weighted by Gasteiger charge is 2.08. The molecule has 132 valence electrons. The van der Waals surface area contributed by atoms with Crippen molar-refractivity contribution in [2.45, 2.75) is 6.42 Å². The molecule has 6 heteroatoms. The normalized spacial score (nSPS) is 10.4. The number of hydrogen-bond acceptors (Lipinski definition) is 3. The van der Waals surface area contributed by atoms with E-state index in [0.717, 1.165) is 11.4 Å². The summed E-state index contributed by atoms with van der Waals surface area (Å²) < 4.78 is 13.5. The topological polar surface area (TPSA) is 54.0 Å². The summed E-state index contributed by atoms with van der Waals surface area (Å²) in [6.45, 7) is 0.337. The first kappa shape index (κ1) is 17.9. The molecule has 2 aromatic carbocycles. The molecule has 0 aliphatic rings. The second-order valence-corrected chi connectivity index (χ2v) is 6.10. The van der Waals surface area contributed by atoms with Gasteiger partial charge >= 0.3 is 0 Å². The van der Waals surface area contributed by atoms with Crippen LogP contribution in [0.3, 0.4) is 0 Å². The Bertz CT molecular complexity index is 900. The van der Waals surface area contributed by atoms with Crippen LogP contribution in [-0.4, -0.2) is 17.4 Å². The molecule has 0 spiro atoms. The van der Waals surface area contributed by atoms with Crippen LogP contribution >= 0.6 is 11.6 Å². The number of carbonyl (C=O) groups is 1. The van der Waals surface area contributed by atoms with Crippen LogP contribution in [0, 0.1) is 5.82 Å². The SMILES string of the molecule is O=C(NCCc1ccccc1F)c1ccc(Nc2cccc(Cl)c2)cn1. The molecule has 0 saturated carbocycles. The maximum Gasteiger partial charge on any atom is 0.269 e. The molecule has 2 N–H and O–H groups in total. The van der Waals surface area contributed by atoms with Gasteiger partial charge in [0.25, 0.3) is 5.91 Å². The highest BCUT2D eigenvalue weighted by atomic mass is 35.5. The minimum Gasteiger partial charge on any atom is -0.354 e. The molecule has 1 heterocycles. The van der Waals surface area contributed by atoms with E-state index in [2.05, 4.69) is 15.6 Å². The summed E-state index contributed by atoms with van der Waals surface area (Å²) in [5.74, 6) is -0.563. The molecule has 0 atom stereocenters. The number of pyridine rings is 1. The monoisotopic (exact) mass is 369 g/mol. The quantitative estimate of drug-likeness (QED) is 0.668. The highest BCUT2D eigenvalue weighted by molar-refractivity contribution is 6.30. The van der Waals surface area contributed by atoms with Crippen molar-refractivity contribution in [2.75, 3.05) is 11.9 Å². The molecule has 0 aliphatic heterocycles. The Hall–Kier alpha value is -2.92. The Morgan fingerprint density at radius 2 is 1.88 bits per heavy atom. The minimum absolute atomic E-state index is 0.267. The van der Waals surface area contributed by atoms with Crippen LogP contribution in [0.4, 0.5) is 15.8 Å². The summed E-state index contributed by atoms with van der Waals surface area (Å²) in [5, 5.41) is 6.54.